The molecule has 0 spiro atoms. The molecule has 0 aromatic heterocycles. The quantitative estimate of drug-likeness (QED) is 0.838. The molecule has 0 bridgehead atoms. The van der Waals surface area contributed by atoms with Gasteiger partial charge in [0.15, 0.2) is 23.2 Å². The van der Waals surface area contributed by atoms with Gasteiger partial charge in [0, 0.05) is 17.4 Å². The van der Waals surface area contributed by atoms with Crippen LogP contribution < -0.4 is 15.8 Å². The molecule has 0 aliphatic heterocycles. The Balaban J connectivity index is 2.29. The van der Waals surface area contributed by atoms with Crippen molar-refractivity contribution in [1.82, 2.24) is 0 Å². The van der Waals surface area contributed by atoms with Crippen molar-refractivity contribution in [3.05, 3.63) is 47.8 Å². The average Bonchev–Trinajstić information content (AvgIpc) is 2.37. The predicted octanol–water partition coefficient (Wildman–Crippen LogP) is 3.83. The van der Waals surface area contributed by atoms with Crippen molar-refractivity contribution in [3.8, 4) is 5.75 Å². The first-order valence-electron chi connectivity index (χ1n) is 5.95. The fraction of sp³-hybridized carbons (Fsp3) is 0.143. The third kappa shape index (κ3) is 2.96. The van der Waals surface area contributed by atoms with Crippen LogP contribution >= 0.6 is 0 Å². The summed E-state index contributed by atoms with van der Waals surface area (Å²) in [5.41, 5.74) is 5.11. The Morgan fingerprint density at radius 2 is 1.70 bits per heavy atom. The topological polar surface area (TPSA) is 47.3 Å². The standard InChI is InChI=1S/C14H13F3N2O/c1-2-20-13-4-3-9(7-10(13)15)19-14-11(16)5-8(18)6-12(14)17/h3-7,19H,2,18H2,1H3. The third-order valence-electron chi connectivity index (χ3n) is 2.57. The van der Waals surface area contributed by atoms with Crippen LogP contribution in [0.3, 0.4) is 0 Å². The molecule has 0 fully saturated rings. The molecule has 20 heavy (non-hydrogen) atoms. The van der Waals surface area contributed by atoms with Gasteiger partial charge in [-0.3, -0.25) is 0 Å². The number of halogens is 3. The van der Waals surface area contributed by atoms with Gasteiger partial charge < -0.3 is 15.8 Å². The molecule has 6 heteroatoms. The predicted molar refractivity (Wildman–Crippen MR) is 71.6 cm³/mol. The SMILES string of the molecule is CCOc1ccc(Nc2c(F)cc(N)cc2F)cc1F. The number of rotatable bonds is 4. The van der Waals surface area contributed by atoms with Crippen LogP contribution in [0.5, 0.6) is 5.75 Å². The Morgan fingerprint density at radius 1 is 1.05 bits per heavy atom. The van der Waals surface area contributed by atoms with Gasteiger partial charge in [-0.1, -0.05) is 0 Å². The number of nitrogen functional groups attached to an aromatic ring is 1. The number of nitrogens with one attached hydrogen (secondary N) is 1. The molecule has 0 atom stereocenters. The lowest BCUT2D eigenvalue weighted by Crippen LogP contribution is -2.01. The van der Waals surface area contributed by atoms with E-state index in [0.29, 0.717) is 6.61 Å². The number of ether oxygens (including phenoxy) is 1. The maximum atomic E-state index is 13.6. The molecule has 0 heterocycles. The summed E-state index contributed by atoms with van der Waals surface area (Å²) in [4.78, 5) is 0. The zero-order valence-corrected chi connectivity index (χ0v) is 10.7. The smallest absolute Gasteiger partial charge is 0.167 e. The van der Waals surface area contributed by atoms with E-state index in [1.807, 2.05) is 0 Å². The Hall–Kier alpha value is -2.37. The van der Waals surface area contributed by atoms with Gasteiger partial charge in [0.25, 0.3) is 0 Å². The van der Waals surface area contributed by atoms with Gasteiger partial charge in [-0.05, 0) is 31.2 Å². The zero-order chi connectivity index (χ0) is 14.7. The van der Waals surface area contributed by atoms with Crippen LogP contribution in [-0.4, -0.2) is 6.61 Å². The van der Waals surface area contributed by atoms with E-state index >= 15 is 0 Å². The highest BCUT2D eigenvalue weighted by atomic mass is 19.1. The fourth-order valence-corrected chi connectivity index (χ4v) is 1.71. The Bertz CT molecular complexity index is 609. The third-order valence-corrected chi connectivity index (χ3v) is 2.57. The number of hydrogen-bond donors (Lipinski definition) is 2. The van der Waals surface area contributed by atoms with Crippen molar-refractivity contribution in [1.29, 1.82) is 0 Å². The van der Waals surface area contributed by atoms with Gasteiger partial charge in [-0.2, -0.15) is 0 Å². The summed E-state index contributed by atoms with van der Waals surface area (Å²) in [6.45, 7) is 2.05. The normalized spacial score (nSPS) is 10.4. The van der Waals surface area contributed by atoms with Crippen molar-refractivity contribution in [2.75, 3.05) is 17.7 Å². The highest BCUT2D eigenvalue weighted by Crippen LogP contribution is 2.28. The Labute approximate surface area is 114 Å². The van der Waals surface area contributed by atoms with E-state index in [0.717, 1.165) is 18.2 Å². The molecule has 0 aliphatic rings. The molecule has 0 amide bonds. The highest BCUT2D eigenvalue weighted by Gasteiger charge is 2.12. The van der Waals surface area contributed by atoms with Crippen molar-refractivity contribution < 1.29 is 17.9 Å². The zero-order valence-electron chi connectivity index (χ0n) is 10.7. The van der Waals surface area contributed by atoms with Gasteiger partial charge in [-0.15, -0.1) is 0 Å². The van der Waals surface area contributed by atoms with Crippen LogP contribution in [0.25, 0.3) is 0 Å². The first-order chi connectivity index (χ1) is 9.51. The molecule has 0 radical (unpaired) electrons. The van der Waals surface area contributed by atoms with Crippen LogP contribution in [0.4, 0.5) is 30.2 Å². The van der Waals surface area contributed by atoms with E-state index in [2.05, 4.69) is 5.32 Å². The number of hydrogen-bond acceptors (Lipinski definition) is 3. The van der Waals surface area contributed by atoms with Gasteiger partial charge >= 0.3 is 0 Å². The molecule has 0 unspecified atom stereocenters. The van der Waals surface area contributed by atoms with E-state index in [1.54, 1.807) is 6.92 Å². The number of nitrogens with two attached hydrogens (primary N) is 1. The summed E-state index contributed by atoms with van der Waals surface area (Å²) in [7, 11) is 0. The summed E-state index contributed by atoms with van der Waals surface area (Å²) in [6, 6.07) is 5.91. The van der Waals surface area contributed by atoms with Crippen molar-refractivity contribution >= 4 is 17.1 Å². The molecule has 2 aromatic carbocycles. The van der Waals surface area contributed by atoms with E-state index < -0.39 is 17.5 Å². The van der Waals surface area contributed by atoms with Gasteiger partial charge in [0.2, 0.25) is 0 Å². The largest absolute Gasteiger partial charge is 0.491 e. The molecule has 0 saturated heterocycles. The summed E-state index contributed by atoms with van der Waals surface area (Å²) in [6.07, 6.45) is 0. The molecule has 106 valence electrons. The Kier molecular flexibility index (Phi) is 4.02. The minimum atomic E-state index is -0.850. The van der Waals surface area contributed by atoms with Crippen molar-refractivity contribution in [2.24, 2.45) is 0 Å². The lowest BCUT2D eigenvalue weighted by atomic mass is 10.2. The van der Waals surface area contributed by atoms with Crippen LogP contribution in [0.1, 0.15) is 6.92 Å². The summed E-state index contributed by atoms with van der Waals surface area (Å²) < 4.78 is 45.9. The highest BCUT2D eigenvalue weighted by molar-refractivity contribution is 5.64. The monoisotopic (exact) mass is 282 g/mol. The van der Waals surface area contributed by atoms with Gasteiger partial charge in [-0.25, -0.2) is 13.2 Å². The molecular weight excluding hydrogens is 269 g/mol. The second-order valence-electron chi connectivity index (χ2n) is 4.06. The minimum Gasteiger partial charge on any atom is -0.491 e. The van der Waals surface area contributed by atoms with E-state index in [9.17, 15) is 13.2 Å². The fourth-order valence-electron chi connectivity index (χ4n) is 1.71. The summed E-state index contributed by atoms with van der Waals surface area (Å²) >= 11 is 0. The second-order valence-corrected chi connectivity index (χ2v) is 4.06. The van der Waals surface area contributed by atoms with Gasteiger partial charge in [0.05, 0.1) is 6.61 Å². The number of anilines is 3. The lowest BCUT2D eigenvalue weighted by molar-refractivity contribution is 0.321. The molecular formula is C14H13F3N2O. The average molecular weight is 282 g/mol. The van der Waals surface area contributed by atoms with E-state index in [-0.39, 0.29) is 22.8 Å². The molecule has 3 N–H and O–H groups in total. The van der Waals surface area contributed by atoms with Crippen molar-refractivity contribution in [2.45, 2.75) is 6.92 Å². The number of benzene rings is 2. The molecule has 3 nitrogen and oxygen atoms in total. The van der Waals surface area contributed by atoms with Crippen molar-refractivity contribution in [3.63, 3.8) is 0 Å². The van der Waals surface area contributed by atoms with Crippen LogP contribution in [-0.2, 0) is 0 Å². The molecule has 0 aliphatic carbocycles. The molecule has 2 aromatic rings. The summed E-state index contributed by atoms with van der Waals surface area (Å²) in [5, 5.41) is 2.48. The minimum absolute atomic E-state index is 0.0246. The first kappa shape index (κ1) is 14.0. The summed E-state index contributed by atoms with van der Waals surface area (Å²) in [5.74, 6) is -2.24. The molecule has 0 saturated carbocycles. The lowest BCUT2D eigenvalue weighted by Gasteiger charge is -2.11. The van der Waals surface area contributed by atoms with Gasteiger partial charge in [0.1, 0.15) is 5.69 Å². The maximum Gasteiger partial charge on any atom is 0.167 e. The molecule has 2 rings (SSSR count). The second kappa shape index (κ2) is 5.73. The van der Waals surface area contributed by atoms with Crippen LogP contribution in [0.2, 0.25) is 0 Å². The van der Waals surface area contributed by atoms with Crippen LogP contribution in [0, 0.1) is 17.5 Å². The van der Waals surface area contributed by atoms with E-state index in [1.165, 1.54) is 12.1 Å². The Morgan fingerprint density at radius 3 is 2.25 bits per heavy atom. The van der Waals surface area contributed by atoms with Crippen LogP contribution in [0.15, 0.2) is 30.3 Å². The van der Waals surface area contributed by atoms with E-state index in [4.69, 9.17) is 10.5 Å². The first-order valence-corrected chi connectivity index (χ1v) is 5.95. The maximum absolute atomic E-state index is 13.6.